The fraction of sp³-hybridized carbons (Fsp3) is 0.667. The summed E-state index contributed by atoms with van der Waals surface area (Å²) in [5, 5.41) is 0. The highest BCUT2D eigenvalue weighted by Gasteiger charge is 1.84. The normalized spacial score (nSPS) is 9.44. The van der Waals surface area contributed by atoms with Gasteiger partial charge in [0.1, 0.15) is 0 Å². The molecular formula is C9H17. The van der Waals surface area contributed by atoms with Crippen LogP contribution in [0.15, 0.2) is 12.7 Å². The van der Waals surface area contributed by atoms with Crippen molar-refractivity contribution in [2.75, 3.05) is 0 Å². The summed E-state index contributed by atoms with van der Waals surface area (Å²) in [6.07, 6.45) is 10.6. The summed E-state index contributed by atoms with van der Waals surface area (Å²) in [5.74, 6) is 0. The van der Waals surface area contributed by atoms with Crippen LogP contribution >= 0.6 is 0 Å². The molecule has 0 fully saturated rings. The third-order valence-corrected chi connectivity index (χ3v) is 1.35. The number of hydrogen-bond donors (Lipinski definition) is 0. The van der Waals surface area contributed by atoms with Crippen molar-refractivity contribution in [3.63, 3.8) is 0 Å². The topological polar surface area (TPSA) is 0 Å². The van der Waals surface area contributed by atoms with Crippen molar-refractivity contribution in [1.82, 2.24) is 0 Å². The van der Waals surface area contributed by atoms with Crippen molar-refractivity contribution >= 4 is 0 Å². The van der Waals surface area contributed by atoms with Crippen LogP contribution in [0.5, 0.6) is 0 Å². The van der Waals surface area contributed by atoms with E-state index < -0.39 is 0 Å². The lowest BCUT2D eigenvalue weighted by Crippen LogP contribution is -1.75. The van der Waals surface area contributed by atoms with Crippen LogP contribution in [-0.2, 0) is 0 Å². The molecule has 0 saturated carbocycles. The van der Waals surface area contributed by atoms with Crippen molar-refractivity contribution in [3.05, 3.63) is 19.1 Å². The van der Waals surface area contributed by atoms with Gasteiger partial charge in [0.15, 0.2) is 0 Å². The molecule has 0 aliphatic heterocycles. The van der Waals surface area contributed by atoms with E-state index in [1.54, 1.807) is 0 Å². The molecule has 0 aliphatic rings. The van der Waals surface area contributed by atoms with Crippen LogP contribution in [0.3, 0.4) is 0 Å². The molecule has 0 spiro atoms. The maximum absolute atomic E-state index is 3.65. The van der Waals surface area contributed by atoms with Crippen LogP contribution in [0.4, 0.5) is 0 Å². The van der Waals surface area contributed by atoms with E-state index in [9.17, 15) is 0 Å². The van der Waals surface area contributed by atoms with Gasteiger partial charge in [0.2, 0.25) is 0 Å². The number of hydrogen-bond acceptors (Lipinski definition) is 0. The monoisotopic (exact) mass is 125 g/mol. The van der Waals surface area contributed by atoms with Crippen molar-refractivity contribution in [2.24, 2.45) is 0 Å². The highest BCUT2D eigenvalue weighted by Crippen LogP contribution is 2.03. The smallest absolute Gasteiger partial charge is 0.0322 e. The largest absolute Gasteiger partial charge is 0.103 e. The second-order valence-electron chi connectivity index (χ2n) is 2.31. The molecule has 0 aliphatic carbocycles. The molecule has 0 unspecified atom stereocenters. The molecule has 0 rings (SSSR count). The Bertz CT molecular complexity index is 55.1. The molecule has 53 valence electrons. The molecule has 0 aromatic heterocycles. The van der Waals surface area contributed by atoms with Crippen LogP contribution in [0.1, 0.15) is 39.0 Å². The molecule has 0 amide bonds. The second kappa shape index (κ2) is 7.74. The molecule has 0 heterocycles. The van der Waals surface area contributed by atoms with Crippen LogP contribution < -0.4 is 0 Å². The van der Waals surface area contributed by atoms with E-state index in [0.29, 0.717) is 0 Å². The summed E-state index contributed by atoms with van der Waals surface area (Å²) < 4.78 is 0. The second-order valence-corrected chi connectivity index (χ2v) is 2.31. The van der Waals surface area contributed by atoms with Gasteiger partial charge in [0, 0.05) is 0 Å². The predicted octanol–water partition coefficient (Wildman–Crippen LogP) is 3.35. The molecule has 0 saturated heterocycles. The Balaban J connectivity index is 2.66. The van der Waals surface area contributed by atoms with E-state index in [2.05, 4.69) is 19.9 Å². The highest BCUT2D eigenvalue weighted by atomic mass is 13.9. The molecule has 0 N–H and O–H groups in total. The van der Waals surface area contributed by atoms with Gasteiger partial charge in [0.05, 0.1) is 0 Å². The molecule has 0 nitrogen and oxygen atoms in total. The first kappa shape index (κ1) is 8.74. The van der Waals surface area contributed by atoms with Crippen molar-refractivity contribution in [1.29, 1.82) is 0 Å². The minimum atomic E-state index is 1.07. The maximum atomic E-state index is 3.65. The van der Waals surface area contributed by atoms with Gasteiger partial charge in [-0.05, 0) is 19.3 Å². The summed E-state index contributed by atoms with van der Waals surface area (Å²) in [6, 6.07) is 0. The molecule has 0 aromatic carbocycles. The molecule has 0 heteroatoms. The SMILES string of the molecule is C=CC[CH]CCCCC. The van der Waals surface area contributed by atoms with Crippen molar-refractivity contribution in [2.45, 2.75) is 39.0 Å². The Labute approximate surface area is 59.0 Å². The minimum absolute atomic E-state index is 1.07. The predicted molar refractivity (Wildman–Crippen MR) is 43.3 cm³/mol. The van der Waals surface area contributed by atoms with Crippen LogP contribution in [0.25, 0.3) is 0 Å². The van der Waals surface area contributed by atoms with E-state index in [1.807, 2.05) is 6.08 Å². The summed E-state index contributed by atoms with van der Waals surface area (Å²) >= 11 is 0. The average Bonchev–Trinajstić information content (AvgIpc) is 1.89. The third kappa shape index (κ3) is 7.74. The Morgan fingerprint density at radius 2 is 2.11 bits per heavy atom. The molecule has 0 bridgehead atoms. The Morgan fingerprint density at radius 3 is 2.67 bits per heavy atom. The number of allylic oxidation sites excluding steroid dienone is 1. The Morgan fingerprint density at radius 1 is 1.33 bits per heavy atom. The molecular weight excluding hydrogens is 108 g/mol. The van der Waals surface area contributed by atoms with Gasteiger partial charge < -0.3 is 0 Å². The van der Waals surface area contributed by atoms with Gasteiger partial charge in [-0.25, -0.2) is 0 Å². The van der Waals surface area contributed by atoms with Gasteiger partial charge in [-0.3, -0.25) is 0 Å². The van der Waals surface area contributed by atoms with E-state index in [4.69, 9.17) is 0 Å². The van der Waals surface area contributed by atoms with Crippen LogP contribution in [0, 0.1) is 6.42 Å². The average molecular weight is 125 g/mol. The van der Waals surface area contributed by atoms with E-state index >= 15 is 0 Å². The standard InChI is InChI=1S/C9H17/c1-3-5-7-9-8-6-4-2/h3,7H,1,4-6,8-9H2,2H3. The van der Waals surface area contributed by atoms with E-state index in [1.165, 1.54) is 25.7 Å². The third-order valence-electron chi connectivity index (χ3n) is 1.35. The van der Waals surface area contributed by atoms with Crippen LogP contribution in [0.2, 0.25) is 0 Å². The summed E-state index contributed by atoms with van der Waals surface area (Å²) in [5.41, 5.74) is 0. The Hall–Kier alpha value is -0.260. The molecule has 0 atom stereocenters. The number of unbranched alkanes of at least 4 members (excludes halogenated alkanes) is 5. The fourth-order valence-electron chi connectivity index (χ4n) is 0.774. The first-order valence-corrected chi connectivity index (χ1v) is 3.84. The zero-order chi connectivity index (χ0) is 6.95. The van der Waals surface area contributed by atoms with Gasteiger partial charge in [-0.15, -0.1) is 6.58 Å². The lowest BCUT2D eigenvalue weighted by molar-refractivity contribution is 0.704. The first-order chi connectivity index (χ1) is 4.41. The van der Waals surface area contributed by atoms with Gasteiger partial charge in [-0.2, -0.15) is 0 Å². The van der Waals surface area contributed by atoms with Gasteiger partial charge >= 0.3 is 0 Å². The lowest BCUT2D eigenvalue weighted by Gasteiger charge is -1.94. The minimum Gasteiger partial charge on any atom is -0.103 e. The van der Waals surface area contributed by atoms with Crippen molar-refractivity contribution in [3.8, 4) is 0 Å². The number of rotatable bonds is 6. The zero-order valence-corrected chi connectivity index (χ0v) is 6.40. The highest BCUT2D eigenvalue weighted by molar-refractivity contribution is 4.77. The summed E-state index contributed by atoms with van der Waals surface area (Å²) in [4.78, 5) is 0. The van der Waals surface area contributed by atoms with Crippen molar-refractivity contribution < 1.29 is 0 Å². The first-order valence-electron chi connectivity index (χ1n) is 3.84. The molecule has 1 radical (unpaired) electrons. The summed E-state index contributed by atoms with van der Waals surface area (Å²) in [7, 11) is 0. The fourth-order valence-corrected chi connectivity index (χ4v) is 0.774. The molecule has 0 aromatic rings. The van der Waals surface area contributed by atoms with Gasteiger partial charge in [0.25, 0.3) is 0 Å². The summed E-state index contributed by atoms with van der Waals surface area (Å²) in [6.45, 7) is 5.88. The maximum Gasteiger partial charge on any atom is -0.0322 e. The quantitative estimate of drug-likeness (QED) is 0.377. The lowest BCUT2D eigenvalue weighted by atomic mass is 10.1. The van der Waals surface area contributed by atoms with E-state index in [0.717, 1.165) is 6.42 Å². The Kier molecular flexibility index (Phi) is 7.52. The zero-order valence-electron chi connectivity index (χ0n) is 6.40. The molecule has 9 heavy (non-hydrogen) atoms. The van der Waals surface area contributed by atoms with Gasteiger partial charge in [-0.1, -0.05) is 32.3 Å². The van der Waals surface area contributed by atoms with Crippen LogP contribution in [-0.4, -0.2) is 0 Å². The van der Waals surface area contributed by atoms with E-state index in [-0.39, 0.29) is 0 Å².